The molecule has 4 nitrogen and oxygen atoms in total. The molecule has 1 saturated heterocycles. The molecule has 1 aliphatic heterocycles. The number of benzene rings is 2. The van der Waals surface area contributed by atoms with Crippen molar-refractivity contribution in [3.63, 3.8) is 0 Å². The molecule has 0 atom stereocenters. The molecule has 6 heteroatoms. The average molecular weight is 504 g/mol. The first kappa shape index (κ1) is 23.7. The fourth-order valence-corrected chi connectivity index (χ4v) is 4.14. The zero-order valence-corrected chi connectivity index (χ0v) is 20.3. The van der Waals surface area contributed by atoms with Gasteiger partial charge in [-0.2, -0.15) is 0 Å². The molecule has 1 aliphatic rings. The number of nitrogens with one attached hydrogen (secondary N) is 1. The van der Waals surface area contributed by atoms with Crippen molar-refractivity contribution in [3.8, 4) is 0 Å². The first-order valence-electron chi connectivity index (χ1n) is 10.4. The maximum Gasteiger partial charge on any atom is 0.252 e. The van der Waals surface area contributed by atoms with Gasteiger partial charge in [-0.15, -0.1) is 0 Å². The predicted molar refractivity (Wildman–Crippen MR) is 132 cm³/mol. The molecule has 2 aromatic rings. The molecule has 0 aromatic heterocycles. The van der Waals surface area contributed by atoms with Crippen LogP contribution in [0.5, 0.6) is 0 Å². The Morgan fingerprint density at radius 3 is 2.58 bits per heavy atom. The fraction of sp³-hybridized carbons (Fsp3) is 0.320. The highest BCUT2D eigenvalue weighted by molar-refractivity contribution is 9.10. The molecule has 0 spiro atoms. The summed E-state index contributed by atoms with van der Waals surface area (Å²) in [4.78, 5) is 15.6. The van der Waals surface area contributed by atoms with Gasteiger partial charge >= 0.3 is 0 Å². The molecule has 0 unspecified atom stereocenters. The van der Waals surface area contributed by atoms with Crippen molar-refractivity contribution in [1.29, 1.82) is 0 Å². The lowest BCUT2D eigenvalue weighted by molar-refractivity contribution is -0.115. The van der Waals surface area contributed by atoms with Crippen LogP contribution in [-0.2, 0) is 9.53 Å². The number of nitrogens with zero attached hydrogens (tertiary/aromatic N) is 1. The second-order valence-corrected chi connectivity index (χ2v) is 8.96. The van der Waals surface area contributed by atoms with Gasteiger partial charge in [0.2, 0.25) is 0 Å². The van der Waals surface area contributed by atoms with E-state index in [2.05, 4.69) is 26.1 Å². The van der Waals surface area contributed by atoms with Gasteiger partial charge in [-0.3, -0.25) is 9.69 Å². The van der Waals surface area contributed by atoms with E-state index in [4.69, 9.17) is 16.3 Å². The van der Waals surface area contributed by atoms with Crippen molar-refractivity contribution in [2.45, 2.75) is 13.8 Å². The number of allylic oxidation sites excluding steroid dienone is 2. The summed E-state index contributed by atoms with van der Waals surface area (Å²) in [5.74, 6) is -0.0584. The molecule has 3 rings (SSSR count). The lowest BCUT2D eigenvalue weighted by atomic mass is 9.95. The van der Waals surface area contributed by atoms with Gasteiger partial charge in [0.25, 0.3) is 5.91 Å². The van der Waals surface area contributed by atoms with E-state index in [0.717, 1.165) is 59.6 Å². The average Bonchev–Trinajstić information content (AvgIpc) is 2.76. The first-order chi connectivity index (χ1) is 14.9. The Morgan fingerprint density at radius 2 is 1.90 bits per heavy atom. The largest absolute Gasteiger partial charge is 0.379 e. The van der Waals surface area contributed by atoms with E-state index in [0.29, 0.717) is 17.1 Å². The number of rotatable bonds is 7. The quantitative estimate of drug-likeness (QED) is 0.409. The minimum Gasteiger partial charge on any atom is -0.379 e. The number of halogens is 2. The van der Waals surface area contributed by atoms with Crippen molar-refractivity contribution >= 4 is 45.1 Å². The number of hydrogen-bond donors (Lipinski definition) is 1. The van der Waals surface area contributed by atoms with Gasteiger partial charge in [-0.25, -0.2) is 0 Å². The minimum atomic E-state index is -0.0584. The van der Waals surface area contributed by atoms with E-state index < -0.39 is 0 Å². The van der Waals surface area contributed by atoms with Crippen molar-refractivity contribution in [2.75, 3.05) is 39.4 Å². The molecule has 1 N–H and O–H groups in total. The maximum absolute atomic E-state index is 13.2. The molecular formula is C25H28BrClN2O2. The highest BCUT2D eigenvalue weighted by Crippen LogP contribution is 2.26. The first-order valence-corrected chi connectivity index (χ1v) is 11.6. The summed E-state index contributed by atoms with van der Waals surface area (Å²) in [5, 5.41) is 3.82. The Morgan fingerprint density at radius 1 is 1.19 bits per heavy atom. The summed E-state index contributed by atoms with van der Waals surface area (Å²) in [6.07, 6.45) is 3.99. The topological polar surface area (TPSA) is 41.6 Å². The van der Waals surface area contributed by atoms with Crippen LogP contribution in [0.4, 0.5) is 0 Å². The van der Waals surface area contributed by atoms with E-state index in [1.807, 2.05) is 68.5 Å². The van der Waals surface area contributed by atoms with Crippen LogP contribution in [0, 0.1) is 6.92 Å². The lowest BCUT2D eigenvalue weighted by Crippen LogP contribution is -2.41. The number of aryl methyl sites for hydroxylation is 1. The number of ether oxygens (including phenoxy) is 1. The highest BCUT2D eigenvalue weighted by Gasteiger charge is 2.17. The number of amides is 1. The van der Waals surface area contributed by atoms with Gasteiger partial charge in [-0.05, 0) is 60.4 Å². The van der Waals surface area contributed by atoms with Gasteiger partial charge in [0.05, 0.1) is 13.2 Å². The Labute approximate surface area is 198 Å². The van der Waals surface area contributed by atoms with Gasteiger partial charge in [0.1, 0.15) is 0 Å². The number of carbonyl (C=O) groups excluding carboxylic acids is 1. The molecule has 1 fully saturated rings. The van der Waals surface area contributed by atoms with Crippen molar-refractivity contribution in [2.24, 2.45) is 0 Å². The molecule has 0 aliphatic carbocycles. The second kappa shape index (κ2) is 11.6. The number of hydrogen-bond acceptors (Lipinski definition) is 3. The smallest absolute Gasteiger partial charge is 0.252 e. The SMILES string of the molecule is CC(/C=C/c1ccc(Cl)cc1)=C(/C(=O)NCCN1CCOCC1)c1ccc(Br)cc1C. The third-order valence-electron chi connectivity index (χ3n) is 5.29. The molecule has 1 amide bonds. The van der Waals surface area contributed by atoms with Crippen LogP contribution in [0.3, 0.4) is 0 Å². The summed E-state index contributed by atoms with van der Waals surface area (Å²) in [6.45, 7) is 8.76. The van der Waals surface area contributed by atoms with E-state index >= 15 is 0 Å². The van der Waals surface area contributed by atoms with E-state index in [-0.39, 0.29) is 5.91 Å². The van der Waals surface area contributed by atoms with Crippen LogP contribution < -0.4 is 5.32 Å². The van der Waals surface area contributed by atoms with Crippen LogP contribution >= 0.6 is 27.5 Å². The van der Waals surface area contributed by atoms with Crippen LogP contribution in [0.2, 0.25) is 5.02 Å². The molecule has 2 aromatic carbocycles. The van der Waals surface area contributed by atoms with Gasteiger partial charge in [-0.1, -0.05) is 57.9 Å². The maximum atomic E-state index is 13.2. The fourth-order valence-electron chi connectivity index (χ4n) is 3.54. The zero-order chi connectivity index (χ0) is 22.2. The van der Waals surface area contributed by atoms with Gasteiger partial charge in [0, 0.05) is 41.2 Å². The third kappa shape index (κ3) is 7.04. The van der Waals surface area contributed by atoms with E-state index in [9.17, 15) is 4.79 Å². The van der Waals surface area contributed by atoms with E-state index in [1.54, 1.807) is 0 Å². The molecule has 31 heavy (non-hydrogen) atoms. The van der Waals surface area contributed by atoms with Crippen LogP contribution in [-0.4, -0.2) is 50.2 Å². The summed E-state index contributed by atoms with van der Waals surface area (Å²) in [7, 11) is 0. The summed E-state index contributed by atoms with van der Waals surface area (Å²) in [5.41, 5.74) is 4.61. The Hall–Kier alpha value is -1.92. The summed E-state index contributed by atoms with van der Waals surface area (Å²) in [6, 6.07) is 13.6. The Balaban J connectivity index is 1.81. The van der Waals surface area contributed by atoms with Crippen LogP contribution in [0.25, 0.3) is 11.6 Å². The zero-order valence-electron chi connectivity index (χ0n) is 18.0. The summed E-state index contributed by atoms with van der Waals surface area (Å²) < 4.78 is 6.39. The number of carbonyl (C=O) groups is 1. The molecular weight excluding hydrogens is 476 g/mol. The third-order valence-corrected chi connectivity index (χ3v) is 6.04. The molecule has 1 heterocycles. The normalized spacial score (nSPS) is 15.7. The highest BCUT2D eigenvalue weighted by atomic mass is 79.9. The minimum absolute atomic E-state index is 0.0584. The van der Waals surface area contributed by atoms with Crippen molar-refractivity contribution < 1.29 is 9.53 Å². The van der Waals surface area contributed by atoms with Crippen LogP contribution in [0.1, 0.15) is 23.6 Å². The Kier molecular flexibility index (Phi) is 8.90. The van der Waals surface area contributed by atoms with Crippen molar-refractivity contribution in [1.82, 2.24) is 10.2 Å². The van der Waals surface area contributed by atoms with Gasteiger partial charge < -0.3 is 10.1 Å². The second-order valence-electron chi connectivity index (χ2n) is 7.61. The molecule has 0 bridgehead atoms. The lowest BCUT2D eigenvalue weighted by Gasteiger charge is -2.26. The number of morpholine rings is 1. The predicted octanol–water partition coefficient (Wildman–Crippen LogP) is 5.35. The van der Waals surface area contributed by atoms with Gasteiger partial charge in [0.15, 0.2) is 0 Å². The Bertz CT molecular complexity index is 964. The molecule has 0 saturated carbocycles. The van der Waals surface area contributed by atoms with Crippen molar-refractivity contribution in [3.05, 3.63) is 80.3 Å². The standard InChI is InChI=1S/C25H28BrClN2O2/c1-18(3-4-20-5-8-22(27)9-6-20)24(23-10-7-21(26)17-19(23)2)25(30)28-11-12-29-13-15-31-16-14-29/h3-10,17H,11-16H2,1-2H3,(H,28,30)/b4-3+,24-18-. The summed E-state index contributed by atoms with van der Waals surface area (Å²) >= 11 is 9.50. The molecule has 0 radical (unpaired) electrons. The molecule has 164 valence electrons. The monoisotopic (exact) mass is 502 g/mol. The van der Waals surface area contributed by atoms with Crippen LogP contribution in [0.15, 0.2) is 58.6 Å². The van der Waals surface area contributed by atoms with E-state index in [1.165, 1.54) is 0 Å².